The molecule has 2 heteroatoms. The zero-order chi connectivity index (χ0) is 16.3. The zero-order valence-electron chi connectivity index (χ0n) is 14.2. The molecule has 0 N–H and O–H groups in total. The van der Waals surface area contributed by atoms with E-state index in [2.05, 4.69) is 70.8 Å². The summed E-state index contributed by atoms with van der Waals surface area (Å²) in [5.41, 5.74) is 4.64. The lowest BCUT2D eigenvalue weighted by Gasteiger charge is -2.23. The number of benzene rings is 2. The highest BCUT2D eigenvalue weighted by molar-refractivity contribution is 6.49. The molecule has 0 fully saturated rings. The van der Waals surface area contributed by atoms with Crippen molar-refractivity contribution in [2.45, 2.75) is 39.3 Å². The molecule has 0 amide bonds. The molecule has 2 aromatic rings. The molecule has 115 valence electrons. The van der Waals surface area contributed by atoms with Gasteiger partial charge in [0.25, 0.3) is 9.04 Å². The fourth-order valence-corrected chi connectivity index (χ4v) is 2.95. The second kappa shape index (κ2) is 6.53. The van der Waals surface area contributed by atoms with Gasteiger partial charge in [0, 0.05) is 5.56 Å². The van der Waals surface area contributed by atoms with Crippen LogP contribution in [0.4, 0.5) is 0 Å². The van der Waals surface area contributed by atoms with Crippen LogP contribution < -0.4 is 4.43 Å². The maximum Gasteiger partial charge on any atom is 0.274 e. The second-order valence-corrected chi connectivity index (χ2v) is 8.84. The molecule has 22 heavy (non-hydrogen) atoms. The average molecular weight is 310 g/mol. The molecule has 0 aliphatic carbocycles. The Morgan fingerprint density at radius 2 is 1.64 bits per heavy atom. The second-order valence-electron chi connectivity index (χ2n) is 6.82. The summed E-state index contributed by atoms with van der Waals surface area (Å²) in [5.74, 6) is 0.958. The van der Waals surface area contributed by atoms with Crippen molar-refractivity contribution in [1.82, 2.24) is 0 Å². The molecule has 1 nitrogen and oxygen atoms in total. The van der Waals surface area contributed by atoms with Crippen LogP contribution in [0.15, 0.2) is 55.1 Å². The van der Waals surface area contributed by atoms with Crippen molar-refractivity contribution in [2.75, 3.05) is 0 Å². The molecular formula is C20H25OSi. The minimum Gasteiger partial charge on any atom is -0.542 e. The summed E-state index contributed by atoms with van der Waals surface area (Å²) in [6.45, 7) is 15.3. The third kappa shape index (κ3) is 3.89. The molecule has 0 saturated heterocycles. The summed E-state index contributed by atoms with van der Waals surface area (Å²) in [6, 6.07) is 16.8. The fraction of sp³-hybridized carbons (Fsp3) is 0.300. The van der Waals surface area contributed by atoms with Crippen LogP contribution in [0.2, 0.25) is 13.1 Å². The van der Waals surface area contributed by atoms with E-state index in [1.807, 2.05) is 18.2 Å². The highest BCUT2D eigenvalue weighted by Gasteiger charge is 2.18. The molecule has 0 saturated carbocycles. The Kier molecular flexibility index (Phi) is 4.92. The van der Waals surface area contributed by atoms with Gasteiger partial charge >= 0.3 is 0 Å². The summed E-state index contributed by atoms with van der Waals surface area (Å²) >= 11 is 0. The number of hydrogen-bond acceptors (Lipinski definition) is 1. The van der Waals surface area contributed by atoms with E-state index in [-0.39, 0.29) is 5.41 Å². The van der Waals surface area contributed by atoms with Gasteiger partial charge in [0.2, 0.25) is 0 Å². The molecule has 0 aromatic heterocycles. The topological polar surface area (TPSA) is 9.23 Å². The van der Waals surface area contributed by atoms with Gasteiger partial charge in [-0.25, -0.2) is 0 Å². The van der Waals surface area contributed by atoms with E-state index >= 15 is 0 Å². The first-order valence-corrected chi connectivity index (χ1v) is 10.1. The molecule has 0 spiro atoms. The normalized spacial score (nSPS) is 11.5. The lowest BCUT2D eigenvalue weighted by atomic mass is 9.85. The monoisotopic (exact) mass is 309 g/mol. The Morgan fingerprint density at radius 3 is 2.18 bits per heavy atom. The van der Waals surface area contributed by atoms with Crippen molar-refractivity contribution in [3.05, 3.63) is 71.8 Å². The smallest absolute Gasteiger partial charge is 0.274 e. The van der Waals surface area contributed by atoms with Crippen LogP contribution in [0.3, 0.4) is 0 Å². The molecule has 0 aliphatic heterocycles. The number of hydrogen-bond donors (Lipinski definition) is 0. The first-order valence-electron chi connectivity index (χ1n) is 7.66. The summed E-state index contributed by atoms with van der Waals surface area (Å²) in [6.07, 6.45) is 0. The van der Waals surface area contributed by atoms with Gasteiger partial charge in [0.1, 0.15) is 5.75 Å². The van der Waals surface area contributed by atoms with Crippen LogP contribution in [0.5, 0.6) is 5.75 Å². The lowest BCUT2D eigenvalue weighted by molar-refractivity contribution is 0.559. The molecule has 1 radical (unpaired) electrons. The Balaban J connectivity index is 2.48. The number of rotatable bonds is 4. The van der Waals surface area contributed by atoms with Crippen molar-refractivity contribution in [1.29, 1.82) is 0 Å². The van der Waals surface area contributed by atoms with Crippen LogP contribution in [0, 0.1) is 0 Å². The van der Waals surface area contributed by atoms with Crippen molar-refractivity contribution >= 4 is 14.6 Å². The molecule has 2 rings (SSSR count). The summed E-state index contributed by atoms with van der Waals surface area (Å²) < 4.78 is 6.16. The molecule has 0 heterocycles. The van der Waals surface area contributed by atoms with Crippen molar-refractivity contribution in [3.8, 4) is 5.75 Å². The first kappa shape index (κ1) is 16.6. The maximum atomic E-state index is 6.16. The third-order valence-electron chi connectivity index (χ3n) is 3.61. The highest BCUT2D eigenvalue weighted by atomic mass is 28.3. The molecule has 0 bridgehead atoms. The van der Waals surface area contributed by atoms with E-state index in [9.17, 15) is 0 Å². The van der Waals surface area contributed by atoms with Gasteiger partial charge in [-0.05, 0) is 41.3 Å². The third-order valence-corrected chi connectivity index (χ3v) is 4.24. The van der Waals surface area contributed by atoms with Gasteiger partial charge in [-0.1, -0.05) is 69.8 Å². The fourth-order valence-electron chi connectivity index (χ4n) is 2.34. The van der Waals surface area contributed by atoms with Gasteiger partial charge in [0.05, 0.1) is 0 Å². The van der Waals surface area contributed by atoms with Crippen LogP contribution in [-0.2, 0) is 5.41 Å². The largest absolute Gasteiger partial charge is 0.542 e. The van der Waals surface area contributed by atoms with E-state index in [1.165, 1.54) is 5.56 Å². The van der Waals surface area contributed by atoms with Gasteiger partial charge in [-0.3, -0.25) is 0 Å². The lowest BCUT2D eigenvalue weighted by Crippen LogP contribution is -2.15. The highest BCUT2D eigenvalue weighted by Crippen LogP contribution is 2.34. The maximum absolute atomic E-state index is 6.16. The van der Waals surface area contributed by atoms with Crippen molar-refractivity contribution in [3.63, 3.8) is 0 Å². The molecule has 0 aliphatic rings. The average Bonchev–Trinajstić information content (AvgIpc) is 2.46. The SMILES string of the molecule is C=C(c1ccccc1)c1ccc(C(C)(C)C)cc1O[Si](C)C. The van der Waals surface area contributed by atoms with Crippen LogP contribution in [-0.4, -0.2) is 9.04 Å². The van der Waals surface area contributed by atoms with Gasteiger partial charge in [-0.15, -0.1) is 0 Å². The quantitative estimate of drug-likeness (QED) is 0.661. The van der Waals surface area contributed by atoms with Crippen LogP contribution in [0.1, 0.15) is 37.5 Å². The standard InChI is InChI=1S/C20H25OSi/c1-15(16-10-8-7-9-11-16)18-13-12-17(20(2,3)4)14-19(18)21-22(5)6/h7-14H,1H2,2-6H3. The van der Waals surface area contributed by atoms with Crippen LogP contribution in [0.25, 0.3) is 5.57 Å². The van der Waals surface area contributed by atoms with Crippen molar-refractivity contribution in [2.24, 2.45) is 0 Å². The Labute approximate surface area is 136 Å². The van der Waals surface area contributed by atoms with E-state index in [4.69, 9.17) is 4.43 Å². The van der Waals surface area contributed by atoms with E-state index in [0.717, 1.165) is 22.4 Å². The molecule has 0 unspecified atom stereocenters. The molecular weight excluding hydrogens is 284 g/mol. The van der Waals surface area contributed by atoms with E-state index in [0.29, 0.717) is 0 Å². The van der Waals surface area contributed by atoms with E-state index in [1.54, 1.807) is 0 Å². The summed E-state index contributed by atoms with van der Waals surface area (Å²) in [7, 11) is -0.826. The van der Waals surface area contributed by atoms with Gasteiger partial charge in [0.15, 0.2) is 0 Å². The Hall–Kier alpha value is -1.80. The van der Waals surface area contributed by atoms with Gasteiger partial charge in [-0.2, -0.15) is 0 Å². The Bertz CT molecular complexity index is 651. The minimum absolute atomic E-state index is 0.110. The predicted octanol–water partition coefficient (Wildman–Crippen LogP) is 5.68. The Morgan fingerprint density at radius 1 is 1.00 bits per heavy atom. The van der Waals surface area contributed by atoms with Crippen LogP contribution >= 0.6 is 0 Å². The summed E-state index contributed by atoms with van der Waals surface area (Å²) in [5, 5.41) is 0. The van der Waals surface area contributed by atoms with Crippen molar-refractivity contribution < 1.29 is 4.43 Å². The minimum atomic E-state index is -0.826. The summed E-state index contributed by atoms with van der Waals surface area (Å²) in [4.78, 5) is 0. The molecule has 0 atom stereocenters. The first-order chi connectivity index (χ1) is 10.3. The zero-order valence-corrected chi connectivity index (χ0v) is 15.2. The molecule has 2 aromatic carbocycles. The van der Waals surface area contributed by atoms with Gasteiger partial charge < -0.3 is 4.43 Å². The van der Waals surface area contributed by atoms with E-state index < -0.39 is 9.04 Å². The predicted molar refractivity (Wildman–Crippen MR) is 97.8 cm³/mol.